The van der Waals surface area contributed by atoms with Crippen LogP contribution in [0.3, 0.4) is 0 Å². The molecule has 0 aromatic carbocycles. The molecule has 5 aliphatic rings. The number of hydrogen-bond acceptors (Lipinski definition) is 3. The highest BCUT2D eigenvalue weighted by molar-refractivity contribution is 6.01. The van der Waals surface area contributed by atoms with Crippen molar-refractivity contribution in [2.75, 3.05) is 0 Å². The standard InChI is InChI=1S/C22H30O3/c1-20(2)24-18-12-17-15-6-5-13-11-14(23)7-9-21(13,3)16(15)8-10-22(17,4)19(18)25-20/h7,9,11,15-19H,5-6,8,10,12H2,1-4H3/t15-,16+,17+,18-,19-,21+,22+/m1/s1. The first-order valence-corrected chi connectivity index (χ1v) is 10.0. The van der Waals surface area contributed by atoms with Gasteiger partial charge in [-0.25, -0.2) is 0 Å². The third-order valence-corrected chi connectivity index (χ3v) is 8.31. The molecule has 0 spiro atoms. The van der Waals surface area contributed by atoms with Gasteiger partial charge in [-0.3, -0.25) is 4.79 Å². The molecule has 136 valence electrons. The summed E-state index contributed by atoms with van der Waals surface area (Å²) in [6, 6.07) is 0. The third-order valence-electron chi connectivity index (χ3n) is 8.31. The predicted molar refractivity (Wildman–Crippen MR) is 95.8 cm³/mol. The molecule has 25 heavy (non-hydrogen) atoms. The van der Waals surface area contributed by atoms with E-state index in [2.05, 4.69) is 33.8 Å². The second kappa shape index (κ2) is 4.86. The van der Waals surface area contributed by atoms with E-state index in [0.717, 1.165) is 18.8 Å². The van der Waals surface area contributed by atoms with Gasteiger partial charge in [0, 0.05) is 5.41 Å². The minimum absolute atomic E-state index is 0.0802. The minimum Gasteiger partial charge on any atom is -0.345 e. The summed E-state index contributed by atoms with van der Waals surface area (Å²) in [6.45, 7) is 8.93. The first-order valence-electron chi connectivity index (χ1n) is 10.0. The molecule has 3 saturated carbocycles. The highest BCUT2D eigenvalue weighted by Gasteiger charge is 2.65. The summed E-state index contributed by atoms with van der Waals surface area (Å²) in [4.78, 5) is 11.9. The summed E-state index contributed by atoms with van der Waals surface area (Å²) in [6.07, 6.45) is 12.3. The van der Waals surface area contributed by atoms with Gasteiger partial charge >= 0.3 is 0 Å². The number of carbonyl (C=O) groups is 1. The van der Waals surface area contributed by atoms with Gasteiger partial charge in [-0.1, -0.05) is 25.5 Å². The third kappa shape index (κ3) is 2.09. The van der Waals surface area contributed by atoms with Crippen molar-refractivity contribution in [3.05, 3.63) is 23.8 Å². The maximum atomic E-state index is 11.9. The molecule has 5 rings (SSSR count). The average molecular weight is 342 g/mol. The zero-order chi connectivity index (χ0) is 17.6. The van der Waals surface area contributed by atoms with Crippen LogP contribution >= 0.6 is 0 Å². The highest BCUT2D eigenvalue weighted by Crippen LogP contribution is 2.66. The van der Waals surface area contributed by atoms with Crippen LogP contribution in [-0.2, 0) is 14.3 Å². The molecule has 0 unspecified atom stereocenters. The van der Waals surface area contributed by atoms with E-state index in [-0.39, 0.29) is 28.8 Å². The van der Waals surface area contributed by atoms with Crippen LogP contribution in [0.15, 0.2) is 23.8 Å². The van der Waals surface area contributed by atoms with E-state index in [1.807, 2.05) is 6.08 Å². The molecule has 0 amide bonds. The van der Waals surface area contributed by atoms with Gasteiger partial charge in [-0.05, 0) is 81.3 Å². The van der Waals surface area contributed by atoms with E-state index in [9.17, 15) is 4.79 Å². The molecule has 1 saturated heterocycles. The van der Waals surface area contributed by atoms with Gasteiger partial charge in [0.05, 0.1) is 12.2 Å². The van der Waals surface area contributed by atoms with Crippen molar-refractivity contribution in [2.45, 2.75) is 77.8 Å². The molecule has 1 aliphatic heterocycles. The van der Waals surface area contributed by atoms with Crippen LogP contribution in [0.5, 0.6) is 0 Å². The Bertz CT molecular complexity index is 689. The molecule has 0 N–H and O–H groups in total. The van der Waals surface area contributed by atoms with Crippen LogP contribution in [0.2, 0.25) is 0 Å². The number of hydrogen-bond donors (Lipinski definition) is 0. The van der Waals surface area contributed by atoms with Gasteiger partial charge in [-0.15, -0.1) is 0 Å². The van der Waals surface area contributed by atoms with Crippen LogP contribution < -0.4 is 0 Å². The lowest BCUT2D eigenvalue weighted by molar-refractivity contribution is -0.183. The molecular weight excluding hydrogens is 312 g/mol. The lowest BCUT2D eigenvalue weighted by atomic mass is 9.48. The Kier molecular flexibility index (Phi) is 3.16. The van der Waals surface area contributed by atoms with E-state index in [1.54, 1.807) is 6.08 Å². The first-order chi connectivity index (χ1) is 11.7. The number of ether oxygens (including phenoxy) is 2. The minimum atomic E-state index is -0.429. The molecule has 3 heteroatoms. The van der Waals surface area contributed by atoms with Crippen LogP contribution in [0.4, 0.5) is 0 Å². The Morgan fingerprint density at radius 1 is 1.08 bits per heavy atom. The second-order valence-corrected chi connectivity index (χ2v) is 9.98. The number of carbonyl (C=O) groups excluding carboxylic acids is 1. The summed E-state index contributed by atoms with van der Waals surface area (Å²) < 4.78 is 12.6. The van der Waals surface area contributed by atoms with Crippen molar-refractivity contribution >= 4 is 5.78 Å². The number of rotatable bonds is 0. The van der Waals surface area contributed by atoms with Crippen LogP contribution in [0, 0.1) is 28.6 Å². The summed E-state index contributed by atoms with van der Waals surface area (Å²) in [5.41, 5.74) is 1.69. The quantitative estimate of drug-likeness (QED) is 0.653. The second-order valence-electron chi connectivity index (χ2n) is 9.98. The van der Waals surface area contributed by atoms with Crippen molar-refractivity contribution in [1.82, 2.24) is 0 Å². The molecule has 0 radical (unpaired) electrons. The van der Waals surface area contributed by atoms with Gasteiger partial charge in [-0.2, -0.15) is 0 Å². The summed E-state index contributed by atoms with van der Waals surface area (Å²) in [5.74, 6) is 1.80. The van der Waals surface area contributed by atoms with E-state index in [4.69, 9.17) is 9.47 Å². The maximum Gasteiger partial charge on any atom is 0.178 e. The van der Waals surface area contributed by atoms with Gasteiger partial charge in [0.2, 0.25) is 0 Å². The first kappa shape index (κ1) is 16.3. The Labute approximate surface area is 150 Å². The summed E-state index contributed by atoms with van der Waals surface area (Å²) in [5, 5.41) is 0. The fourth-order valence-electron chi connectivity index (χ4n) is 7.16. The van der Waals surface area contributed by atoms with Crippen LogP contribution in [0.1, 0.15) is 59.8 Å². The lowest BCUT2D eigenvalue weighted by Crippen LogP contribution is -2.51. The van der Waals surface area contributed by atoms with E-state index < -0.39 is 5.79 Å². The Morgan fingerprint density at radius 2 is 1.88 bits per heavy atom. The zero-order valence-corrected chi connectivity index (χ0v) is 15.9. The SMILES string of the molecule is CC1(C)O[C@@H]2[C@@H](C[C@H]3[C@@H]4CCC5=CC(=O)C=C[C@]5(C)[C@H]4CC[C@]23C)O1. The molecule has 1 heterocycles. The number of fused-ring (bicyclic) bond motifs is 7. The van der Waals surface area contributed by atoms with E-state index >= 15 is 0 Å². The predicted octanol–water partition coefficient (Wildman–Crippen LogP) is 4.42. The number of allylic oxidation sites excluding steroid dienone is 4. The van der Waals surface area contributed by atoms with E-state index in [0.29, 0.717) is 11.8 Å². The molecular formula is C22H30O3. The van der Waals surface area contributed by atoms with Crippen molar-refractivity contribution in [1.29, 1.82) is 0 Å². The smallest absolute Gasteiger partial charge is 0.178 e. The molecule has 7 atom stereocenters. The Balaban J connectivity index is 1.48. The van der Waals surface area contributed by atoms with Crippen molar-refractivity contribution < 1.29 is 14.3 Å². The average Bonchev–Trinajstić information content (AvgIpc) is 2.98. The maximum absolute atomic E-state index is 11.9. The normalized spacial score (nSPS) is 52.9. The highest BCUT2D eigenvalue weighted by atomic mass is 16.8. The Hall–Kier alpha value is -0.930. The molecule has 0 aromatic heterocycles. The number of ketones is 1. The Morgan fingerprint density at radius 3 is 2.68 bits per heavy atom. The molecule has 0 bridgehead atoms. The lowest BCUT2D eigenvalue weighted by Gasteiger charge is -2.56. The van der Waals surface area contributed by atoms with E-state index in [1.165, 1.54) is 24.8 Å². The fraction of sp³-hybridized carbons (Fsp3) is 0.773. The molecule has 4 aliphatic carbocycles. The molecule has 4 fully saturated rings. The van der Waals surface area contributed by atoms with Crippen molar-refractivity contribution in [3.63, 3.8) is 0 Å². The monoisotopic (exact) mass is 342 g/mol. The largest absolute Gasteiger partial charge is 0.345 e. The summed E-state index contributed by atoms with van der Waals surface area (Å²) in [7, 11) is 0. The van der Waals surface area contributed by atoms with Gasteiger partial charge in [0.1, 0.15) is 0 Å². The zero-order valence-electron chi connectivity index (χ0n) is 15.9. The van der Waals surface area contributed by atoms with Crippen LogP contribution in [-0.4, -0.2) is 23.8 Å². The fourth-order valence-corrected chi connectivity index (χ4v) is 7.16. The molecule has 0 aromatic rings. The van der Waals surface area contributed by atoms with Gasteiger partial charge in [0.15, 0.2) is 11.6 Å². The van der Waals surface area contributed by atoms with Crippen molar-refractivity contribution in [2.24, 2.45) is 28.6 Å². The van der Waals surface area contributed by atoms with Crippen molar-refractivity contribution in [3.8, 4) is 0 Å². The topological polar surface area (TPSA) is 35.5 Å². The molecule has 3 nitrogen and oxygen atoms in total. The van der Waals surface area contributed by atoms with Crippen LogP contribution in [0.25, 0.3) is 0 Å². The van der Waals surface area contributed by atoms with Gasteiger partial charge in [0.25, 0.3) is 0 Å². The van der Waals surface area contributed by atoms with Gasteiger partial charge < -0.3 is 9.47 Å². The summed E-state index contributed by atoms with van der Waals surface area (Å²) >= 11 is 0.